The first kappa shape index (κ1) is 13.8. The van der Waals surface area contributed by atoms with Gasteiger partial charge in [0, 0.05) is 12.5 Å². The first-order valence-electron chi connectivity index (χ1n) is 6.11. The number of unbranched alkanes of at least 4 members (excludes halogenated alkanes) is 1. The summed E-state index contributed by atoms with van der Waals surface area (Å²) in [5.41, 5.74) is 1.21. The van der Waals surface area contributed by atoms with E-state index in [1.165, 1.54) is 5.56 Å². The maximum absolute atomic E-state index is 5.64. The molecule has 0 bridgehead atoms. The van der Waals surface area contributed by atoms with Crippen molar-refractivity contribution in [3.8, 4) is 12.3 Å². The van der Waals surface area contributed by atoms with Gasteiger partial charge >= 0.3 is 0 Å². The van der Waals surface area contributed by atoms with Gasteiger partial charge in [-0.15, -0.1) is 12.3 Å². The van der Waals surface area contributed by atoms with Crippen LogP contribution >= 0.6 is 0 Å². The Morgan fingerprint density at radius 3 is 2.82 bits per heavy atom. The van der Waals surface area contributed by atoms with Crippen molar-refractivity contribution in [2.24, 2.45) is 0 Å². The molecule has 17 heavy (non-hydrogen) atoms. The van der Waals surface area contributed by atoms with Crippen LogP contribution in [-0.2, 0) is 11.3 Å². The number of ether oxygens (including phenoxy) is 1. The topological polar surface area (TPSA) is 21.3 Å². The minimum absolute atomic E-state index is 0.372. The predicted octanol–water partition coefficient (Wildman–Crippen LogP) is 2.59. The van der Waals surface area contributed by atoms with Crippen LogP contribution < -0.4 is 5.32 Å². The van der Waals surface area contributed by atoms with Crippen molar-refractivity contribution in [1.82, 2.24) is 5.32 Å². The van der Waals surface area contributed by atoms with Gasteiger partial charge < -0.3 is 10.1 Å². The molecule has 1 aromatic carbocycles. The molecule has 2 nitrogen and oxygen atoms in total. The molecule has 0 saturated heterocycles. The molecule has 1 rings (SSSR count). The fourth-order valence-corrected chi connectivity index (χ4v) is 1.53. The van der Waals surface area contributed by atoms with Gasteiger partial charge in [0.05, 0.1) is 13.2 Å². The molecule has 1 unspecified atom stereocenters. The van der Waals surface area contributed by atoms with Crippen molar-refractivity contribution in [3.05, 3.63) is 35.9 Å². The van der Waals surface area contributed by atoms with E-state index in [1.54, 1.807) is 0 Å². The minimum Gasteiger partial charge on any atom is -0.375 e. The van der Waals surface area contributed by atoms with E-state index in [1.807, 2.05) is 18.2 Å². The molecule has 1 aromatic rings. The highest BCUT2D eigenvalue weighted by molar-refractivity contribution is 5.13. The fourth-order valence-electron chi connectivity index (χ4n) is 1.53. The highest BCUT2D eigenvalue weighted by Crippen LogP contribution is 2.00. The maximum Gasteiger partial charge on any atom is 0.0717 e. The van der Waals surface area contributed by atoms with Crippen LogP contribution in [0.5, 0.6) is 0 Å². The predicted molar refractivity (Wildman–Crippen MR) is 71.6 cm³/mol. The van der Waals surface area contributed by atoms with Gasteiger partial charge in [-0.05, 0) is 25.5 Å². The lowest BCUT2D eigenvalue weighted by Crippen LogP contribution is -2.31. The van der Waals surface area contributed by atoms with Gasteiger partial charge in [0.1, 0.15) is 0 Å². The number of terminal acetylenes is 1. The summed E-state index contributed by atoms with van der Waals surface area (Å²) in [5, 5.41) is 3.38. The summed E-state index contributed by atoms with van der Waals surface area (Å²) >= 11 is 0. The lowest BCUT2D eigenvalue weighted by molar-refractivity contribution is 0.103. The summed E-state index contributed by atoms with van der Waals surface area (Å²) in [6.07, 6.45) is 7.05. The zero-order valence-electron chi connectivity index (χ0n) is 10.5. The zero-order valence-corrected chi connectivity index (χ0v) is 10.5. The van der Waals surface area contributed by atoms with Gasteiger partial charge in [-0.2, -0.15) is 0 Å². The Morgan fingerprint density at radius 1 is 1.35 bits per heavy atom. The second-order valence-corrected chi connectivity index (χ2v) is 4.16. The molecular formula is C15H21NO. The summed E-state index contributed by atoms with van der Waals surface area (Å²) in [4.78, 5) is 0. The van der Waals surface area contributed by atoms with Crippen molar-refractivity contribution < 1.29 is 4.74 Å². The fraction of sp³-hybridized carbons (Fsp3) is 0.467. The van der Waals surface area contributed by atoms with Crippen LogP contribution in [0.3, 0.4) is 0 Å². The van der Waals surface area contributed by atoms with Crippen molar-refractivity contribution in [3.63, 3.8) is 0 Å². The highest BCUT2D eigenvalue weighted by Gasteiger charge is 2.00. The average Bonchev–Trinajstić information content (AvgIpc) is 2.36. The van der Waals surface area contributed by atoms with Crippen molar-refractivity contribution in [2.45, 2.75) is 32.4 Å². The number of hydrogen-bond donors (Lipinski definition) is 1. The van der Waals surface area contributed by atoms with E-state index in [0.717, 1.165) is 26.0 Å². The van der Waals surface area contributed by atoms with E-state index in [-0.39, 0.29) is 0 Å². The monoisotopic (exact) mass is 231 g/mol. The van der Waals surface area contributed by atoms with Crippen molar-refractivity contribution >= 4 is 0 Å². The molecule has 1 N–H and O–H groups in total. The highest BCUT2D eigenvalue weighted by atomic mass is 16.5. The van der Waals surface area contributed by atoms with E-state index < -0.39 is 0 Å². The summed E-state index contributed by atoms with van der Waals surface area (Å²) in [5.74, 6) is 2.63. The normalized spacial score (nSPS) is 12.0. The molecular weight excluding hydrogens is 210 g/mol. The van der Waals surface area contributed by atoms with Crippen LogP contribution in [0.2, 0.25) is 0 Å². The van der Waals surface area contributed by atoms with Crippen molar-refractivity contribution in [2.75, 3.05) is 13.2 Å². The Balaban J connectivity index is 2.04. The molecule has 0 aliphatic carbocycles. The Morgan fingerprint density at radius 2 is 2.12 bits per heavy atom. The van der Waals surface area contributed by atoms with Gasteiger partial charge in [-0.3, -0.25) is 0 Å². The van der Waals surface area contributed by atoms with Gasteiger partial charge in [-0.1, -0.05) is 30.3 Å². The smallest absolute Gasteiger partial charge is 0.0717 e. The Labute approximate surface area is 104 Å². The lowest BCUT2D eigenvalue weighted by Gasteiger charge is -2.13. The van der Waals surface area contributed by atoms with E-state index in [4.69, 9.17) is 11.2 Å². The number of hydrogen-bond acceptors (Lipinski definition) is 2. The molecule has 0 radical (unpaired) electrons. The van der Waals surface area contributed by atoms with Crippen LogP contribution in [0.25, 0.3) is 0 Å². The molecule has 2 heteroatoms. The van der Waals surface area contributed by atoms with Gasteiger partial charge in [0.2, 0.25) is 0 Å². The van der Waals surface area contributed by atoms with Crippen LogP contribution in [0.4, 0.5) is 0 Å². The maximum atomic E-state index is 5.64. The van der Waals surface area contributed by atoms with E-state index >= 15 is 0 Å². The summed E-state index contributed by atoms with van der Waals surface area (Å²) in [6.45, 7) is 4.49. The Hall–Kier alpha value is -1.30. The summed E-state index contributed by atoms with van der Waals surface area (Å²) in [6, 6.07) is 10.6. The minimum atomic E-state index is 0.372. The molecule has 0 heterocycles. The largest absolute Gasteiger partial charge is 0.375 e. The third-order valence-corrected chi connectivity index (χ3v) is 2.47. The molecule has 0 aliphatic heterocycles. The SMILES string of the molecule is C#CCCCNC(C)COCc1ccccc1. The molecule has 0 fully saturated rings. The average molecular weight is 231 g/mol. The number of nitrogens with one attached hydrogen (secondary N) is 1. The first-order chi connectivity index (χ1) is 8.33. The van der Waals surface area contributed by atoms with Crippen molar-refractivity contribution in [1.29, 1.82) is 0 Å². The third kappa shape index (κ3) is 6.78. The molecule has 0 aliphatic rings. The molecule has 0 amide bonds. The standard InChI is InChI=1S/C15H21NO/c1-3-4-8-11-16-14(2)12-17-13-15-9-6-5-7-10-15/h1,5-7,9-10,14,16H,4,8,11-13H2,2H3. The first-order valence-corrected chi connectivity index (χ1v) is 6.11. The second-order valence-electron chi connectivity index (χ2n) is 4.16. The number of rotatable bonds is 8. The van der Waals surface area contributed by atoms with Crippen LogP contribution in [0, 0.1) is 12.3 Å². The molecule has 0 spiro atoms. The Kier molecular flexibility index (Phi) is 7.13. The van der Waals surface area contributed by atoms with Gasteiger partial charge in [0.25, 0.3) is 0 Å². The van der Waals surface area contributed by atoms with E-state index in [2.05, 4.69) is 30.3 Å². The van der Waals surface area contributed by atoms with E-state index in [9.17, 15) is 0 Å². The lowest BCUT2D eigenvalue weighted by atomic mass is 10.2. The quantitative estimate of drug-likeness (QED) is 0.548. The molecule has 0 aromatic heterocycles. The van der Waals surface area contributed by atoms with Crippen LogP contribution in [0.15, 0.2) is 30.3 Å². The Bertz CT molecular complexity index is 329. The van der Waals surface area contributed by atoms with Gasteiger partial charge in [-0.25, -0.2) is 0 Å². The molecule has 92 valence electrons. The zero-order chi connectivity index (χ0) is 12.3. The molecule has 0 saturated carbocycles. The van der Waals surface area contributed by atoms with E-state index in [0.29, 0.717) is 12.6 Å². The number of benzene rings is 1. The third-order valence-electron chi connectivity index (χ3n) is 2.47. The van der Waals surface area contributed by atoms with Gasteiger partial charge in [0.15, 0.2) is 0 Å². The summed E-state index contributed by atoms with van der Waals surface area (Å²) < 4.78 is 5.64. The van der Waals surface area contributed by atoms with Crippen LogP contribution in [0.1, 0.15) is 25.3 Å². The molecule has 1 atom stereocenters. The summed E-state index contributed by atoms with van der Waals surface area (Å²) in [7, 11) is 0. The van der Waals surface area contributed by atoms with Crippen LogP contribution in [-0.4, -0.2) is 19.2 Å². The second kappa shape index (κ2) is 8.81.